The number of ether oxygens (including phenoxy) is 10. The summed E-state index contributed by atoms with van der Waals surface area (Å²) in [5.74, 6) is -2.85. The summed E-state index contributed by atoms with van der Waals surface area (Å²) in [7, 11) is 0. The predicted octanol–water partition coefficient (Wildman–Crippen LogP) is 0.933. The van der Waals surface area contributed by atoms with E-state index in [1.807, 2.05) is 0 Å². The normalized spacial score (nSPS) is 11.0. The van der Waals surface area contributed by atoms with Crippen molar-refractivity contribution in [2.45, 2.75) is 19.3 Å². The highest BCUT2D eigenvalue weighted by molar-refractivity contribution is 6.40. The molecule has 0 aliphatic rings. The Bertz CT molecular complexity index is 967. The number of carbonyl (C=O) groups excluding carboxylic acids is 3. The molecule has 0 saturated heterocycles. The highest BCUT2D eigenvalue weighted by Gasteiger charge is 2.17. The monoisotopic (exact) mass is 703 g/mol. The molecule has 16 heteroatoms. The first kappa shape index (κ1) is 44.0. The molecule has 0 aliphatic heterocycles. The van der Waals surface area contributed by atoms with E-state index in [2.05, 4.69) is 5.32 Å². The minimum absolute atomic E-state index is 0.0116. The van der Waals surface area contributed by atoms with Gasteiger partial charge in [-0.3, -0.25) is 14.4 Å². The largest absolute Gasteiger partial charge is 0.481 e. The zero-order valence-electron chi connectivity index (χ0n) is 28.3. The summed E-state index contributed by atoms with van der Waals surface area (Å²) in [5, 5.41) is 11.2. The lowest BCUT2D eigenvalue weighted by atomic mass is 10.1. The van der Waals surface area contributed by atoms with Crippen LogP contribution in [0, 0.1) is 0 Å². The van der Waals surface area contributed by atoms with E-state index in [4.69, 9.17) is 52.5 Å². The van der Waals surface area contributed by atoms with Crippen molar-refractivity contribution in [1.82, 2.24) is 5.32 Å². The summed E-state index contributed by atoms with van der Waals surface area (Å²) >= 11 is 0. The number of amides is 1. The van der Waals surface area contributed by atoms with Crippen LogP contribution in [0.2, 0.25) is 0 Å². The molecule has 280 valence electrons. The smallest absolute Gasteiger partial charge is 0.379 e. The standard InChI is InChI=1S/C33H53NO15/c35-30(7-8-31(36)37)34-9-4-10-40-11-12-41-13-14-42-15-16-43-17-18-44-19-20-45-21-22-46-23-24-47-25-26-48-27-28-49-33(39)32(38)29-5-2-1-3-6-29/h1-3,5-6H,4,7-28H2,(H,34,35)(H,36,37). The van der Waals surface area contributed by atoms with Gasteiger partial charge in [0.2, 0.25) is 5.91 Å². The third-order valence-electron chi connectivity index (χ3n) is 6.01. The number of Topliss-reactive ketones (excluding diaryl/α,β-unsaturated/α-hetero) is 1. The number of rotatable bonds is 36. The van der Waals surface area contributed by atoms with E-state index in [1.54, 1.807) is 30.3 Å². The van der Waals surface area contributed by atoms with Gasteiger partial charge in [0.15, 0.2) is 0 Å². The van der Waals surface area contributed by atoms with Crippen molar-refractivity contribution in [3.63, 3.8) is 0 Å². The van der Waals surface area contributed by atoms with Crippen molar-refractivity contribution < 1.29 is 71.7 Å². The summed E-state index contributed by atoms with van der Waals surface area (Å²) in [6.07, 6.45) is 0.454. The lowest BCUT2D eigenvalue weighted by Crippen LogP contribution is -2.25. The number of carboxylic acids is 1. The lowest BCUT2D eigenvalue weighted by molar-refractivity contribution is -0.140. The molecular formula is C33H53NO15. The number of aliphatic carboxylic acids is 1. The van der Waals surface area contributed by atoms with Crippen LogP contribution in [0.5, 0.6) is 0 Å². The van der Waals surface area contributed by atoms with Crippen LogP contribution in [0.25, 0.3) is 0 Å². The molecule has 0 heterocycles. The first-order chi connectivity index (χ1) is 24.0. The van der Waals surface area contributed by atoms with Crippen molar-refractivity contribution in [3.05, 3.63) is 35.9 Å². The van der Waals surface area contributed by atoms with Gasteiger partial charge in [-0.25, -0.2) is 4.79 Å². The lowest BCUT2D eigenvalue weighted by Gasteiger charge is -2.09. The topological polar surface area (TPSA) is 193 Å². The van der Waals surface area contributed by atoms with Gasteiger partial charge in [0.05, 0.1) is 119 Å². The molecule has 0 saturated carbocycles. The van der Waals surface area contributed by atoms with Crippen LogP contribution in [0.15, 0.2) is 30.3 Å². The van der Waals surface area contributed by atoms with Gasteiger partial charge in [-0.2, -0.15) is 0 Å². The highest BCUT2D eigenvalue weighted by Crippen LogP contribution is 2.01. The minimum Gasteiger partial charge on any atom is -0.481 e. The van der Waals surface area contributed by atoms with Crippen LogP contribution >= 0.6 is 0 Å². The Morgan fingerprint density at radius 1 is 0.490 bits per heavy atom. The average molecular weight is 704 g/mol. The zero-order valence-corrected chi connectivity index (χ0v) is 28.3. The third-order valence-corrected chi connectivity index (χ3v) is 6.01. The van der Waals surface area contributed by atoms with E-state index in [-0.39, 0.29) is 37.5 Å². The van der Waals surface area contributed by atoms with Crippen LogP contribution in [-0.4, -0.2) is 161 Å². The Balaban J connectivity index is 1.67. The van der Waals surface area contributed by atoms with E-state index in [9.17, 15) is 19.2 Å². The van der Waals surface area contributed by atoms with Gasteiger partial charge in [-0.15, -0.1) is 0 Å². The molecule has 1 amide bonds. The second-order valence-corrected chi connectivity index (χ2v) is 9.94. The summed E-state index contributed by atoms with van der Waals surface area (Å²) in [6.45, 7) is 8.03. The molecule has 1 aromatic rings. The molecule has 0 aliphatic carbocycles. The van der Waals surface area contributed by atoms with E-state index in [0.717, 1.165) is 0 Å². The Morgan fingerprint density at radius 3 is 1.24 bits per heavy atom. The van der Waals surface area contributed by atoms with Crippen molar-refractivity contribution in [1.29, 1.82) is 0 Å². The second kappa shape index (κ2) is 33.4. The predicted molar refractivity (Wildman–Crippen MR) is 174 cm³/mol. The Hall–Kier alpha value is -3.06. The van der Waals surface area contributed by atoms with Gasteiger partial charge in [0, 0.05) is 25.1 Å². The molecule has 2 N–H and O–H groups in total. The van der Waals surface area contributed by atoms with Gasteiger partial charge < -0.3 is 57.8 Å². The Kier molecular flexibility index (Phi) is 30.0. The van der Waals surface area contributed by atoms with Crippen molar-refractivity contribution in [2.75, 3.05) is 132 Å². The third kappa shape index (κ3) is 29.6. The average Bonchev–Trinajstić information content (AvgIpc) is 3.11. The van der Waals surface area contributed by atoms with Crippen molar-refractivity contribution >= 4 is 23.6 Å². The van der Waals surface area contributed by atoms with E-state index in [0.29, 0.717) is 125 Å². The van der Waals surface area contributed by atoms with Crippen LogP contribution in [0.1, 0.15) is 29.6 Å². The van der Waals surface area contributed by atoms with Crippen molar-refractivity contribution in [3.8, 4) is 0 Å². The summed E-state index contributed by atoms with van der Waals surface area (Å²) in [4.78, 5) is 45.4. The number of hydrogen-bond acceptors (Lipinski definition) is 14. The maximum absolute atomic E-state index is 11.9. The highest BCUT2D eigenvalue weighted by atomic mass is 16.6. The Labute approximate surface area is 287 Å². The fourth-order valence-electron chi connectivity index (χ4n) is 3.54. The molecule has 1 rings (SSSR count). The summed E-state index contributed by atoms with van der Waals surface area (Å²) < 4.78 is 53.7. The fraction of sp³-hybridized carbons (Fsp3) is 0.697. The van der Waals surface area contributed by atoms with E-state index in [1.165, 1.54) is 0 Å². The number of hydrogen-bond donors (Lipinski definition) is 2. The van der Waals surface area contributed by atoms with Gasteiger partial charge in [-0.05, 0) is 6.42 Å². The fourth-order valence-corrected chi connectivity index (χ4v) is 3.54. The molecule has 0 fully saturated rings. The second-order valence-electron chi connectivity index (χ2n) is 9.94. The molecule has 49 heavy (non-hydrogen) atoms. The van der Waals surface area contributed by atoms with Crippen molar-refractivity contribution in [2.24, 2.45) is 0 Å². The molecule has 0 unspecified atom stereocenters. The molecule has 0 atom stereocenters. The van der Waals surface area contributed by atoms with Crippen LogP contribution in [-0.2, 0) is 61.8 Å². The maximum Gasteiger partial charge on any atom is 0.379 e. The molecule has 0 bridgehead atoms. The van der Waals surface area contributed by atoms with Gasteiger partial charge >= 0.3 is 11.9 Å². The number of esters is 1. The van der Waals surface area contributed by atoms with Crippen LogP contribution < -0.4 is 5.32 Å². The zero-order chi connectivity index (χ0) is 35.5. The van der Waals surface area contributed by atoms with Gasteiger partial charge in [0.1, 0.15) is 6.61 Å². The molecule has 0 spiro atoms. The summed E-state index contributed by atoms with van der Waals surface area (Å²) in [5.41, 5.74) is 0.288. The first-order valence-electron chi connectivity index (χ1n) is 16.5. The molecule has 16 nitrogen and oxygen atoms in total. The number of benzene rings is 1. The number of carboxylic acid groups (broad SMARTS) is 1. The van der Waals surface area contributed by atoms with Crippen LogP contribution in [0.3, 0.4) is 0 Å². The maximum atomic E-state index is 11.9. The quantitative estimate of drug-likeness (QED) is 0.0434. The van der Waals surface area contributed by atoms with Gasteiger partial charge in [-0.1, -0.05) is 30.3 Å². The van der Waals surface area contributed by atoms with Crippen LogP contribution in [0.4, 0.5) is 0 Å². The molecule has 0 aromatic heterocycles. The number of nitrogens with one attached hydrogen (secondary N) is 1. The summed E-state index contributed by atoms with van der Waals surface area (Å²) in [6, 6.07) is 8.23. The first-order valence-corrected chi connectivity index (χ1v) is 16.5. The van der Waals surface area contributed by atoms with E-state index >= 15 is 0 Å². The number of ketones is 1. The van der Waals surface area contributed by atoms with Gasteiger partial charge in [0.25, 0.3) is 5.78 Å². The SMILES string of the molecule is O=C(O)CCC(=O)NCCCOCCOCCOCCOCCOCCOCCOCCOCCOCCOC(=O)C(=O)c1ccccc1. The minimum atomic E-state index is -0.989. The molecule has 0 radical (unpaired) electrons. The molecule has 1 aromatic carbocycles. The molecular weight excluding hydrogens is 650 g/mol. The number of carbonyl (C=O) groups is 4. The Morgan fingerprint density at radius 2 is 0.857 bits per heavy atom. The van der Waals surface area contributed by atoms with E-state index < -0.39 is 17.7 Å².